The Morgan fingerprint density at radius 1 is 1.04 bits per heavy atom. The number of aryl methyl sites for hydroxylation is 1. The van der Waals surface area contributed by atoms with Gasteiger partial charge in [-0.05, 0) is 19.1 Å². The Morgan fingerprint density at radius 2 is 1.83 bits per heavy atom. The number of hydrogen-bond acceptors (Lipinski definition) is 4. The average molecular weight is 303 g/mol. The highest BCUT2D eigenvalue weighted by Crippen LogP contribution is 2.19. The topological polar surface area (TPSA) is 60.9 Å². The molecule has 5 heteroatoms. The monoisotopic (exact) mass is 303 g/mol. The first-order valence-electron chi connectivity index (χ1n) is 7.23. The molecule has 4 aromatic rings. The zero-order valence-corrected chi connectivity index (χ0v) is 12.4. The van der Waals surface area contributed by atoms with E-state index in [4.69, 9.17) is 4.42 Å². The van der Waals surface area contributed by atoms with Crippen molar-refractivity contribution in [2.75, 3.05) is 0 Å². The number of hydrogen-bond donors (Lipinski definition) is 0. The second kappa shape index (κ2) is 5.21. The molecule has 0 bridgehead atoms. The minimum absolute atomic E-state index is 0.342. The molecule has 5 nitrogen and oxygen atoms in total. The lowest BCUT2D eigenvalue weighted by molar-refractivity contribution is 0.550. The summed E-state index contributed by atoms with van der Waals surface area (Å²) in [7, 11) is 0. The van der Waals surface area contributed by atoms with Crippen molar-refractivity contribution in [1.29, 1.82) is 0 Å². The van der Waals surface area contributed by atoms with Gasteiger partial charge in [-0.15, -0.1) is 5.10 Å². The average Bonchev–Trinajstić information content (AvgIpc) is 3.04. The summed E-state index contributed by atoms with van der Waals surface area (Å²) >= 11 is 0. The maximum atomic E-state index is 12.2. The van der Waals surface area contributed by atoms with Gasteiger partial charge in [0.2, 0.25) is 0 Å². The Kier molecular flexibility index (Phi) is 3.05. The predicted molar refractivity (Wildman–Crippen MR) is 87.6 cm³/mol. The smallest absolute Gasteiger partial charge is 0.362 e. The van der Waals surface area contributed by atoms with Crippen LogP contribution in [0.3, 0.4) is 0 Å². The summed E-state index contributed by atoms with van der Waals surface area (Å²) in [6.07, 6.45) is 1.73. The molecule has 0 radical (unpaired) electrons. The van der Waals surface area contributed by atoms with Crippen molar-refractivity contribution in [3.05, 3.63) is 76.8 Å². The molecule has 2 aromatic carbocycles. The zero-order chi connectivity index (χ0) is 15.8. The van der Waals surface area contributed by atoms with Gasteiger partial charge in [0.25, 0.3) is 0 Å². The number of nitrogens with zero attached hydrogens (tertiary/aromatic N) is 3. The highest BCUT2D eigenvalue weighted by Gasteiger charge is 2.10. The van der Waals surface area contributed by atoms with E-state index in [-0.39, 0.29) is 0 Å². The molecule has 0 spiro atoms. The Hall–Kier alpha value is -3.21. The fourth-order valence-electron chi connectivity index (χ4n) is 2.45. The van der Waals surface area contributed by atoms with E-state index in [1.165, 1.54) is 10.2 Å². The fraction of sp³-hybridized carbons (Fsp3) is 0.0556. The lowest BCUT2D eigenvalue weighted by atomic mass is 10.1. The number of fused-ring (bicyclic) bond motifs is 1. The zero-order valence-electron chi connectivity index (χ0n) is 12.4. The standard InChI is InChI=1S/C18H13N3O2/c1-12-6-8-13(9-7-12)15-11-21(20-19-15)16-10-14-4-2-3-5-17(14)23-18(16)22/h2-11H,1H3. The number of benzene rings is 2. The van der Waals surface area contributed by atoms with Crippen LogP contribution < -0.4 is 5.63 Å². The van der Waals surface area contributed by atoms with E-state index in [9.17, 15) is 4.79 Å². The van der Waals surface area contributed by atoms with Crippen LogP contribution in [0, 0.1) is 6.92 Å². The molecular formula is C18H13N3O2. The third-order valence-corrected chi connectivity index (χ3v) is 3.71. The summed E-state index contributed by atoms with van der Waals surface area (Å²) in [6, 6.07) is 17.1. The van der Waals surface area contributed by atoms with Crippen LogP contribution in [0.5, 0.6) is 0 Å². The molecule has 0 fully saturated rings. The normalized spacial score (nSPS) is 11.0. The molecule has 0 saturated carbocycles. The molecule has 0 aliphatic rings. The van der Waals surface area contributed by atoms with E-state index < -0.39 is 5.63 Å². The van der Waals surface area contributed by atoms with Gasteiger partial charge in [0.05, 0.1) is 6.20 Å². The van der Waals surface area contributed by atoms with Gasteiger partial charge in [0.1, 0.15) is 11.3 Å². The van der Waals surface area contributed by atoms with Crippen molar-refractivity contribution in [1.82, 2.24) is 15.0 Å². The predicted octanol–water partition coefficient (Wildman–Crippen LogP) is 3.35. The first kappa shape index (κ1) is 13.5. The lowest BCUT2D eigenvalue weighted by Crippen LogP contribution is -2.10. The van der Waals surface area contributed by atoms with Crippen LogP contribution in [0.1, 0.15) is 5.56 Å². The second-order valence-electron chi connectivity index (χ2n) is 5.37. The highest BCUT2D eigenvalue weighted by atomic mass is 16.4. The van der Waals surface area contributed by atoms with Gasteiger partial charge < -0.3 is 4.42 Å². The second-order valence-corrected chi connectivity index (χ2v) is 5.37. The molecule has 4 rings (SSSR count). The molecule has 0 atom stereocenters. The van der Waals surface area contributed by atoms with E-state index >= 15 is 0 Å². The molecular weight excluding hydrogens is 290 g/mol. The van der Waals surface area contributed by atoms with Crippen molar-refractivity contribution in [3.8, 4) is 16.9 Å². The van der Waals surface area contributed by atoms with E-state index in [2.05, 4.69) is 10.3 Å². The van der Waals surface area contributed by atoms with Gasteiger partial charge in [-0.2, -0.15) is 0 Å². The molecule has 0 amide bonds. The van der Waals surface area contributed by atoms with Gasteiger partial charge >= 0.3 is 5.63 Å². The highest BCUT2D eigenvalue weighted by molar-refractivity contribution is 5.78. The van der Waals surface area contributed by atoms with Crippen LogP contribution in [-0.2, 0) is 0 Å². The molecule has 0 unspecified atom stereocenters. The largest absolute Gasteiger partial charge is 0.421 e. The van der Waals surface area contributed by atoms with Gasteiger partial charge in [-0.3, -0.25) is 0 Å². The van der Waals surface area contributed by atoms with Gasteiger partial charge in [-0.1, -0.05) is 53.2 Å². The van der Waals surface area contributed by atoms with Crippen LogP contribution in [-0.4, -0.2) is 15.0 Å². The molecule has 2 heterocycles. The van der Waals surface area contributed by atoms with Crippen molar-refractivity contribution >= 4 is 11.0 Å². The molecule has 112 valence electrons. The van der Waals surface area contributed by atoms with Crippen molar-refractivity contribution in [2.24, 2.45) is 0 Å². The van der Waals surface area contributed by atoms with Crippen LogP contribution in [0.25, 0.3) is 27.9 Å². The van der Waals surface area contributed by atoms with E-state index in [0.29, 0.717) is 17.0 Å². The summed E-state index contributed by atoms with van der Waals surface area (Å²) in [4.78, 5) is 12.2. The van der Waals surface area contributed by atoms with Crippen LogP contribution in [0.15, 0.2) is 70.0 Å². The maximum absolute atomic E-state index is 12.2. The third-order valence-electron chi connectivity index (χ3n) is 3.71. The van der Waals surface area contributed by atoms with Gasteiger partial charge in [0, 0.05) is 10.9 Å². The molecule has 2 aromatic heterocycles. The summed E-state index contributed by atoms with van der Waals surface area (Å²) < 4.78 is 6.79. The summed E-state index contributed by atoms with van der Waals surface area (Å²) in [5.74, 6) is 0. The minimum atomic E-state index is -0.441. The molecule has 0 aliphatic carbocycles. The SMILES string of the molecule is Cc1ccc(-c2cn(-c3cc4ccccc4oc3=O)nn2)cc1. The van der Waals surface area contributed by atoms with E-state index in [1.54, 1.807) is 18.3 Å². The first-order chi connectivity index (χ1) is 11.2. The summed E-state index contributed by atoms with van der Waals surface area (Å²) in [6.45, 7) is 2.03. The van der Waals surface area contributed by atoms with Crippen molar-refractivity contribution in [2.45, 2.75) is 6.92 Å². The maximum Gasteiger partial charge on any atom is 0.362 e. The Labute approximate surface area is 131 Å². The fourth-order valence-corrected chi connectivity index (χ4v) is 2.45. The van der Waals surface area contributed by atoms with Crippen molar-refractivity contribution < 1.29 is 4.42 Å². The van der Waals surface area contributed by atoms with Crippen LogP contribution in [0.2, 0.25) is 0 Å². The van der Waals surface area contributed by atoms with Crippen molar-refractivity contribution in [3.63, 3.8) is 0 Å². The lowest BCUT2D eigenvalue weighted by Gasteiger charge is -2.00. The van der Waals surface area contributed by atoms with Gasteiger partial charge in [0.15, 0.2) is 5.69 Å². The minimum Gasteiger partial charge on any atom is -0.421 e. The van der Waals surface area contributed by atoms with Crippen LogP contribution >= 0.6 is 0 Å². The number of rotatable bonds is 2. The molecule has 0 aliphatic heterocycles. The third kappa shape index (κ3) is 2.42. The van der Waals surface area contributed by atoms with Crippen LogP contribution in [0.4, 0.5) is 0 Å². The summed E-state index contributed by atoms with van der Waals surface area (Å²) in [5.41, 5.74) is 3.29. The molecule has 0 N–H and O–H groups in total. The number of aromatic nitrogens is 3. The summed E-state index contributed by atoms with van der Waals surface area (Å²) in [5, 5.41) is 9.05. The Balaban J connectivity index is 1.81. The Morgan fingerprint density at radius 3 is 2.65 bits per heavy atom. The number of para-hydroxylation sites is 1. The van der Waals surface area contributed by atoms with E-state index in [0.717, 1.165) is 10.9 Å². The molecule has 0 saturated heterocycles. The Bertz CT molecular complexity index is 1050. The van der Waals surface area contributed by atoms with E-state index in [1.807, 2.05) is 49.4 Å². The van der Waals surface area contributed by atoms with Gasteiger partial charge in [-0.25, -0.2) is 9.48 Å². The quantitative estimate of drug-likeness (QED) is 0.533. The first-order valence-corrected chi connectivity index (χ1v) is 7.23. The molecule has 23 heavy (non-hydrogen) atoms.